The van der Waals surface area contributed by atoms with Crippen LogP contribution in [0.5, 0.6) is 0 Å². The van der Waals surface area contributed by atoms with Gasteiger partial charge in [0.1, 0.15) is 0 Å². The first-order chi connectivity index (χ1) is 8.58. The van der Waals surface area contributed by atoms with Crippen molar-refractivity contribution in [1.29, 1.82) is 0 Å². The molecule has 3 nitrogen and oxygen atoms in total. The lowest BCUT2D eigenvalue weighted by Gasteiger charge is -2.48. The zero-order chi connectivity index (χ0) is 13.2. The second-order valence-corrected chi connectivity index (χ2v) is 6.65. The quantitative estimate of drug-likeness (QED) is 0.836. The Balaban J connectivity index is 2.01. The summed E-state index contributed by atoms with van der Waals surface area (Å²) < 4.78 is 5.58. The Morgan fingerprint density at radius 2 is 1.89 bits per heavy atom. The van der Waals surface area contributed by atoms with E-state index in [-0.39, 0.29) is 5.54 Å². The lowest BCUT2D eigenvalue weighted by Crippen LogP contribution is -2.59. The first-order valence-electron chi connectivity index (χ1n) is 7.58. The smallest absolute Gasteiger partial charge is 0.0513 e. The molecule has 0 spiro atoms. The number of likely N-dealkylation sites (N-methyl/N-ethyl adjacent to an activating group) is 1. The number of hydrogen-bond donors (Lipinski definition) is 1. The van der Waals surface area contributed by atoms with E-state index in [0.29, 0.717) is 5.92 Å². The number of hydrogen-bond acceptors (Lipinski definition) is 3. The maximum absolute atomic E-state index is 6.12. The number of ether oxygens (including phenoxy) is 1. The third-order valence-electron chi connectivity index (χ3n) is 5.56. The van der Waals surface area contributed by atoms with E-state index >= 15 is 0 Å². The van der Waals surface area contributed by atoms with Gasteiger partial charge in [0.25, 0.3) is 0 Å². The van der Waals surface area contributed by atoms with Gasteiger partial charge in [-0.1, -0.05) is 6.92 Å². The van der Waals surface area contributed by atoms with Crippen LogP contribution in [0.25, 0.3) is 0 Å². The van der Waals surface area contributed by atoms with Gasteiger partial charge in [-0.05, 0) is 52.0 Å². The van der Waals surface area contributed by atoms with Crippen LogP contribution in [-0.4, -0.2) is 43.3 Å². The molecule has 1 heterocycles. The number of rotatable bonds is 4. The van der Waals surface area contributed by atoms with E-state index in [9.17, 15) is 0 Å². The summed E-state index contributed by atoms with van der Waals surface area (Å²) in [5.74, 6) is 1.51. The fourth-order valence-corrected chi connectivity index (χ4v) is 3.67. The molecule has 0 aromatic heterocycles. The summed E-state index contributed by atoms with van der Waals surface area (Å²) in [6.45, 7) is 7.26. The van der Waals surface area contributed by atoms with Crippen molar-refractivity contribution in [2.45, 2.75) is 57.5 Å². The van der Waals surface area contributed by atoms with Crippen molar-refractivity contribution in [2.24, 2.45) is 17.6 Å². The Kier molecular flexibility index (Phi) is 4.68. The topological polar surface area (TPSA) is 38.5 Å². The second-order valence-electron chi connectivity index (χ2n) is 6.65. The molecule has 0 amide bonds. The molecule has 1 aliphatic heterocycles. The summed E-state index contributed by atoms with van der Waals surface area (Å²) in [6, 6.07) is 0.718. The van der Waals surface area contributed by atoms with Crippen molar-refractivity contribution in [3.63, 3.8) is 0 Å². The van der Waals surface area contributed by atoms with Gasteiger partial charge >= 0.3 is 0 Å². The predicted molar refractivity (Wildman–Crippen MR) is 75.6 cm³/mol. The fourth-order valence-electron chi connectivity index (χ4n) is 3.67. The summed E-state index contributed by atoms with van der Waals surface area (Å²) in [7, 11) is 2.28. The van der Waals surface area contributed by atoms with Crippen LogP contribution < -0.4 is 5.73 Å². The average Bonchev–Trinajstić information content (AvgIpc) is 2.92. The molecular weight excluding hydrogens is 224 g/mol. The van der Waals surface area contributed by atoms with Gasteiger partial charge in [-0.25, -0.2) is 0 Å². The monoisotopic (exact) mass is 254 g/mol. The number of nitrogens with two attached hydrogens (primary N) is 1. The standard InChI is InChI=1S/C15H30N2O/c1-12-4-6-14(7-5-12)17(3)15(2,11-16)13-8-9-18-10-13/h12-14H,4-11,16H2,1-3H3. The molecule has 106 valence electrons. The summed E-state index contributed by atoms with van der Waals surface area (Å²) in [4.78, 5) is 2.58. The van der Waals surface area contributed by atoms with Gasteiger partial charge < -0.3 is 10.5 Å². The molecule has 2 fully saturated rings. The van der Waals surface area contributed by atoms with Crippen LogP contribution in [0.3, 0.4) is 0 Å². The highest BCUT2D eigenvalue weighted by Crippen LogP contribution is 2.35. The largest absolute Gasteiger partial charge is 0.381 e. The van der Waals surface area contributed by atoms with Crippen molar-refractivity contribution >= 4 is 0 Å². The molecule has 2 atom stereocenters. The van der Waals surface area contributed by atoms with Gasteiger partial charge in [0.05, 0.1) is 6.61 Å². The minimum Gasteiger partial charge on any atom is -0.381 e. The van der Waals surface area contributed by atoms with Crippen molar-refractivity contribution in [2.75, 3.05) is 26.8 Å². The second kappa shape index (κ2) is 5.89. The molecule has 0 aromatic carbocycles. The molecule has 0 radical (unpaired) electrons. The summed E-state index contributed by atoms with van der Waals surface area (Å²) in [6.07, 6.45) is 6.58. The molecular formula is C15H30N2O. The first-order valence-corrected chi connectivity index (χ1v) is 7.58. The molecule has 0 aromatic rings. The van der Waals surface area contributed by atoms with Gasteiger partial charge in [0.15, 0.2) is 0 Å². The van der Waals surface area contributed by atoms with E-state index in [1.54, 1.807) is 0 Å². The lowest BCUT2D eigenvalue weighted by atomic mass is 9.79. The zero-order valence-electron chi connectivity index (χ0n) is 12.3. The average molecular weight is 254 g/mol. The van der Waals surface area contributed by atoms with Gasteiger partial charge in [-0.3, -0.25) is 4.90 Å². The van der Waals surface area contributed by atoms with E-state index in [0.717, 1.165) is 31.7 Å². The normalized spacial score (nSPS) is 36.8. The van der Waals surface area contributed by atoms with Crippen molar-refractivity contribution in [3.8, 4) is 0 Å². The van der Waals surface area contributed by atoms with E-state index in [4.69, 9.17) is 10.5 Å². The van der Waals surface area contributed by atoms with Crippen molar-refractivity contribution in [1.82, 2.24) is 4.90 Å². The molecule has 1 aliphatic carbocycles. The Morgan fingerprint density at radius 1 is 1.22 bits per heavy atom. The van der Waals surface area contributed by atoms with Crippen molar-refractivity contribution < 1.29 is 4.74 Å². The van der Waals surface area contributed by atoms with E-state index in [1.165, 1.54) is 32.1 Å². The minimum absolute atomic E-state index is 0.113. The molecule has 3 heteroatoms. The van der Waals surface area contributed by atoms with Gasteiger partial charge in [0, 0.05) is 30.7 Å². The SMILES string of the molecule is CC1CCC(N(C)C(C)(CN)C2CCOC2)CC1. The molecule has 1 saturated carbocycles. The highest BCUT2D eigenvalue weighted by atomic mass is 16.5. The van der Waals surface area contributed by atoms with Gasteiger partial charge in [-0.2, -0.15) is 0 Å². The highest BCUT2D eigenvalue weighted by molar-refractivity contribution is 4.97. The summed E-state index contributed by atoms with van der Waals surface area (Å²) in [5.41, 5.74) is 6.24. The van der Waals surface area contributed by atoms with Crippen molar-refractivity contribution in [3.05, 3.63) is 0 Å². The predicted octanol–water partition coefficient (Wildman–Crippen LogP) is 2.25. The molecule has 2 rings (SSSR count). The maximum Gasteiger partial charge on any atom is 0.0513 e. The molecule has 18 heavy (non-hydrogen) atoms. The summed E-state index contributed by atoms with van der Waals surface area (Å²) in [5, 5.41) is 0. The van der Waals surface area contributed by atoms with Gasteiger partial charge in [-0.15, -0.1) is 0 Å². The Morgan fingerprint density at radius 3 is 2.39 bits per heavy atom. The van der Waals surface area contributed by atoms with Crippen LogP contribution in [0.15, 0.2) is 0 Å². The lowest BCUT2D eigenvalue weighted by molar-refractivity contribution is 0.0157. The van der Waals surface area contributed by atoms with Crippen LogP contribution in [0.4, 0.5) is 0 Å². The molecule has 1 saturated heterocycles. The fraction of sp³-hybridized carbons (Fsp3) is 1.00. The maximum atomic E-state index is 6.12. The van der Waals surface area contributed by atoms with Crippen LogP contribution in [0, 0.1) is 11.8 Å². The van der Waals surface area contributed by atoms with E-state index in [1.807, 2.05) is 0 Å². The Bertz CT molecular complexity index is 257. The minimum atomic E-state index is 0.113. The third-order valence-corrected chi connectivity index (χ3v) is 5.56. The molecule has 0 bridgehead atoms. The zero-order valence-corrected chi connectivity index (χ0v) is 12.3. The molecule has 2 aliphatic rings. The molecule has 2 unspecified atom stereocenters. The van der Waals surface area contributed by atoms with E-state index < -0.39 is 0 Å². The van der Waals surface area contributed by atoms with Gasteiger partial charge in [0.2, 0.25) is 0 Å². The highest BCUT2D eigenvalue weighted by Gasteiger charge is 2.41. The van der Waals surface area contributed by atoms with Crippen LogP contribution in [0.2, 0.25) is 0 Å². The molecule has 2 N–H and O–H groups in total. The third kappa shape index (κ3) is 2.73. The Labute approximate surface area is 112 Å². The summed E-state index contributed by atoms with van der Waals surface area (Å²) >= 11 is 0. The van der Waals surface area contributed by atoms with E-state index in [2.05, 4.69) is 25.8 Å². The first kappa shape index (κ1) is 14.3. The van der Waals surface area contributed by atoms with Crippen LogP contribution in [-0.2, 0) is 4.74 Å². The number of nitrogens with zero attached hydrogens (tertiary/aromatic N) is 1. The van der Waals surface area contributed by atoms with Crippen LogP contribution in [0.1, 0.15) is 46.0 Å². The van der Waals surface area contributed by atoms with Crippen LogP contribution >= 0.6 is 0 Å². The Hall–Kier alpha value is -0.120.